The molecule has 0 aromatic heterocycles. The number of carbonyl (C=O) groups is 1. The Morgan fingerprint density at radius 1 is 1.29 bits per heavy atom. The minimum absolute atomic E-state index is 0.0164. The zero-order valence-electron chi connectivity index (χ0n) is 15.6. The van der Waals surface area contributed by atoms with Gasteiger partial charge in [0.1, 0.15) is 11.4 Å². The molecule has 1 fully saturated rings. The summed E-state index contributed by atoms with van der Waals surface area (Å²) in [7, 11) is 0. The molecular weight excluding hydrogens is 302 g/mol. The SMILES string of the molecule is CC(C)(C)OC(=O)N1CC[C@@]2(C)c3ccc(O)cc3C[C@@H]1C2(C)C. The van der Waals surface area contributed by atoms with Gasteiger partial charge in [0.25, 0.3) is 0 Å². The third-order valence-corrected chi connectivity index (χ3v) is 6.21. The average Bonchev–Trinajstić information content (AvgIpc) is 2.40. The molecule has 4 nitrogen and oxygen atoms in total. The van der Waals surface area contributed by atoms with Crippen LogP contribution < -0.4 is 0 Å². The van der Waals surface area contributed by atoms with E-state index >= 15 is 0 Å². The van der Waals surface area contributed by atoms with E-state index in [1.165, 1.54) is 5.56 Å². The lowest BCUT2D eigenvalue weighted by molar-refractivity contribution is -0.0521. The maximum absolute atomic E-state index is 12.7. The van der Waals surface area contributed by atoms with Gasteiger partial charge in [-0.05, 0) is 62.3 Å². The maximum Gasteiger partial charge on any atom is 0.410 e. The number of likely N-dealkylation sites (tertiary alicyclic amines) is 1. The third kappa shape index (κ3) is 2.47. The Hall–Kier alpha value is -1.71. The molecule has 2 atom stereocenters. The lowest BCUT2D eigenvalue weighted by Crippen LogP contribution is -2.65. The number of phenols is 1. The van der Waals surface area contributed by atoms with Crippen molar-refractivity contribution in [3.8, 4) is 5.75 Å². The van der Waals surface area contributed by atoms with Gasteiger partial charge in [-0.2, -0.15) is 0 Å². The normalized spacial score (nSPS) is 28.2. The number of nitrogens with zero attached hydrogens (tertiary/aromatic N) is 1. The molecule has 24 heavy (non-hydrogen) atoms. The monoisotopic (exact) mass is 331 g/mol. The topological polar surface area (TPSA) is 49.8 Å². The number of aromatic hydroxyl groups is 1. The number of ether oxygens (including phenoxy) is 1. The van der Waals surface area contributed by atoms with Gasteiger partial charge in [-0.1, -0.05) is 26.8 Å². The van der Waals surface area contributed by atoms with E-state index in [0.717, 1.165) is 18.4 Å². The Kier molecular flexibility index (Phi) is 3.67. The Balaban J connectivity index is 2.02. The van der Waals surface area contributed by atoms with Crippen molar-refractivity contribution in [2.45, 2.75) is 71.4 Å². The largest absolute Gasteiger partial charge is 0.508 e. The quantitative estimate of drug-likeness (QED) is 0.773. The van der Waals surface area contributed by atoms with Gasteiger partial charge in [-0.25, -0.2) is 4.79 Å². The number of fused-ring (bicyclic) bond motifs is 4. The molecule has 1 aromatic carbocycles. The molecule has 0 unspecified atom stereocenters. The van der Waals surface area contributed by atoms with Crippen LogP contribution >= 0.6 is 0 Å². The lowest BCUT2D eigenvalue weighted by atomic mass is 9.51. The Morgan fingerprint density at radius 3 is 2.58 bits per heavy atom. The van der Waals surface area contributed by atoms with Crippen LogP contribution in [0.3, 0.4) is 0 Å². The van der Waals surface area contributed by atoms with E-state index in [0.29, 0.717) is 12.3 Å². The van der Waals surface area contributed by atoms with Gasteiger partial charge < -0.3 is 14.7 Å². The predicted octanol–water partition coefficient (Wildman–Crippen LogP) is 4.24. The molecule has 1 saturated heterocycles. The lowest BCUT2D eigenvalue weighted by Gasteiger charge is -2.60. The van der Waals surface area contributed by atoms with E-state index in [2.05, 4.69) is 26.8 Å². The summed E-state index contributed by atoms with van der Waals surface area (Å²) < 4.78 is 5.64. The van der Waals surface area contributed by atoms with Crippen molar-refractivity contribution < 1.29 is 14.6 Å². The van der Waals surface area contributed by atoms with E-state index in [1.54, 1.807) is 6.07 Å². The number of hydrogen-bond donors (Lipinski definition) is 1. The first kappa shape index (κ1) is 17.1. The van der Waals surface area contributed by atoms with Crippen molar-refractivity contribution in [2.75, 3.05) is 6.54 Å². The highest BCUT2D eigenvalue weighted by molar-refractivity contribution is 5.69. The van der Waals surface area contributed by atoms with Crippen molar-refractivity contribution in [2.24, 2.45) is 5.41 Å². The average molecular weight is 331 g/mol. The van der Waals surface area contributed by atoms with Crippen LogP contribution in [0, 0.1) is 5.41 Å². The summed E-state index contributed by atoms with van der Waals surface area (Å²) in [6.07, 6.45) is 1.42. The van der Waals surface area contributed by atoms with Crippen LogP contribution in [0.5, 0.6) is 5.75 Å². The third-order valence-electron chi connectivity index (χ3n) is 6.21. The molecule has 1 aromatic rings. The predicted molar refractivity (Wildman–Crippen MR) is 94.3 cm³/mol. The van der Waals surface area contributed by atoms with Gasteiger partial charge in [0, 0.05) is 18.0 Å². The van der Waals surface area contributed by atoms with Crippen LogP contribution in [-0.4, -0.2) is 34.3 Å². The second kappa shape index (κ2) is 5.14. The summed E-state index contributed by atoms with van der Waals surface area (Å²) in [4.78, 5) is 14.6. The number of benzene rings is 1. The molecule has 1 aliphatic heterocycles. The molecule has 0 radical (unpaired) electrons. The fourth-order valence-electron chi connectivity index (χ4n) is 4.46. The van der Waals surface area contributed by atoms with Gasteiger partial charge in [-0.15, -0.1) is 0 Å². The summed E-state index contributed by atoms with van der Waals surface area (Å²) >= 11 is 0. The first-order valence-corrected chi connectivity index (χ1v) is 8.78. The minimum atomic E-state index is -0.493. The second-order valence-corrected chi connectivity index (χ2v) is 9.04. The smallest absolute Gasteiger partial charge is 0.410 e. The first-order chi connectivity index (χ1) is 11.0. The first-order valence-electron chi connectivity index (χ1n) is 8.78. The number of piperidine rings is 1. The highest BCUT2D eigenvalue weighted by Gasteiger charge is 2.57. The van der Waals surface area contributed by atoms with Gasteiger partial charge >= 0.3 is 6.09 Å². The van der Waals surface area contributed by atoms with Crippen molar-refractivity contribution >= 4 is 6.09 Å². The fourth-order valence-corrected chi connectivity index (χ4v) is 4.46. The number of carbonyl (C=O) groups excluding carboxylic acids is 1. The zero-order chi connectivity index (χ0) is 17.9. The highest BCUT2D eigenvalue weighted by Crippen LogP contribution is 2.56. The van der Waals surface area contributed by atoms with E-state index in [4.69, 9.17) is 4.74 Å². The van der Waals surface area contributed by atoms with Crippen molar-refractivity contribution in [3.63, 3.8) is 0 Å². The molecule has 3 rings (SSSR count). The van der Waals surface area contributed by atoms with Gasteiger partial charge in [0.15, 0.2) is 0 Å². The van der Waals surface area contributed by atoms with Crippen LogP contribution in [0.25, 0.3) is 0 Å². The number of phenolic OH excluding ortho intramolecular Hbond substituents is 1. The molecule has 4 heteroatoms. The highest BCUT2D eigenvalue weighted by atomic mass is 16.6. The number of rotatable bonds is 0. The number of hydrogen-bond acceptors (Lipinski definition) is 3. The summed E-state index contributed by atoms with van der Waals surface area (Å²) in [5.74, 6) is 0.291. The molecule has 132 valence electrons. The molecule has 1 aliphatic carbocycles. The summed E-state index contributed by atoms with van der Waals surface area (Å²) in [5, 5.41) is 9.89. The van der Waals surface area contributed by atoms with Crippen LogP contribution in [0.15, 0.2) is 18.2 Å². The number of amides is 1. The molecule has 2 bridgehead atoms. The zero-order valence-corrected chi connectivity index (χ0v) is 15.6. The Labute approximate surface area is 144 Å². The van der Waals surface area contributed by atoms with Crippen LogP contribution in [-0.2, 0) is 16.6 Å². The van der Waals surface area contributed by atoms with E-state index in [9.17, 15) is 9.90 Å². The summed E-state index contributed by atoms with van der Waals surface area (Å²) in [5.41, 5.74) is 1.89. The molecule has 2 aliphatic rings. The van der Waals surface area contributed by atoms with Gasteiger partial charge in [-0.3, -0.25) is 0 Å². The van der Waals surface area contributed by atoms with Gasteiger partial charge in [0.05, 0.1) is 0 Å². The fraction of sp³-hybridized carbons (Fsp3) is 0.650. The molecular formula is C20H29NO3. The molecule has 1 heterocycles. The van der Waals surface area contributed by atoms with Crippen LogP contribution in [0.4, 0.5) is 4.79 Å². The molecule has 0 spiro atoms. The van der Waals surface area contributed by atoms with Crippen molar-refractivity contribution in [3.05, 3.63) is 29.3 Å². The summed E-state index contributed by atoms with van der Waals surface area (Å²) in [6.45, 7) is 13.2. The Bertz CT molecular complexity index is 674. The molecule has 1 N–H and O–H groups in total. The van der Waals surface area contributed by atoms with E-state index in [-0.39, 0.29) is 23.0 Å². The molecule has 1 amide bonds. The standard InChI is InChI=1S/C20H29NO3/c1-18(2,3)24-17(23)21-10-9-20(6)15-8-7-14(22)11-13(15)12-16(21)19(20,4)5/h7-8,11,16,22H,9-10,12H2,1-6H3/t16-,20+/m1/s1. The van der Waals surface area contributed by atoms with Crippen molar-refractivity contribution in [1.82, 2.24) is 4.90 Å². The van der Waals surface area contributed by atoms with E-state index in [1.807, 2.05) is 31.7 Å². The van der Waals surface area contributed by atoms with Crippen molar-refractivity contribution in [1.29, 1.82) is 0 Å². The van der Waals surface area contributed by atoms with Crippen LogP contribution in [0.1, 0.15) is 59.1 Å². The molecule has 0 saturated carbocycles. The van der Waals surface area contributed by atoms with Crippen LogP contribution in [0.2, 0.25) is 0 Å². The Morgan fingerprint density at radius 2 is 1.96 bits per heavy atom. The summed E-state index contributed by atoms with van der Waals surface area (Å²) in [6, 6.07) is 5.77. The van der Waals surface area contributed by atoms with Gasteiger partial charge in [0.2, 0.25) is 0 Å². The maximum atomic E-state index is 12.7. The second-order valence-electron chi connectivity index (χ2n) is 9.04. The van der Waals surface area contributed by atoms with E-state index < -0.39 is 5.60 Å². The minimum Gasteiger partial charge on any atom is -0.508 e.